The van der Waals surface area contributed by atoms with Gasteiger partial charge in [-0.25, -0.2) is 0 Å². The van der Waals surface area contributed by atoms with E-state index in [0.29, 0.717) is 6.54 Å². The molecule has 1 aliphatic carbocycles. The second-order valence-corrected chi connectivity index (χ2v) is 4.57. The molecule has 0 aromatic carbocycles. The molecule has 1 saturated carbocycles. The average molecular weight is 180 g/mol. The molecule has 0 aromatic rings. The Morgan fingerprint density at radius 3 is 2.54 bits per heavy atom. The molecular weight excluding hydrogens is 164 g/mol. The summed E-state index contributed by atoms with van der Waals surface area (Å²) in [6.45, 7) is 1.71. The molecule has 72 valence electrons. The monoisotopic (exact) mass is 180 g/mol. The quantitative estimate of drug-likeness (QED) is 0.647. The first kappa shape index (κ1) is 8.98. The fourth-order valence-electron chi connectivity index (χ4n) is 2.44. The minimum absolute atomic E-state index is 0.401. The molecule has 0 aromatic heterocycles. The third-order valence-corrected chi connectivity index (χ3v) is 3.52. The molecule has 1 saturated heterocycles. The highest BCUT2D eigenvalue weighted by molar-refractivity contribution is 5.21. The van der Waals surface area contributed by atoms with Gasteiger partial charge in [-0.3, -0.25) is 0 Å². The summed E-state index contributed by atoms with van der Waals surface area (Å²) in [5.41, 5.74) is -1.13. The standard InChI is InChI=1S/C10H16N2O/c1-12-6-2-3-10(13,8-12)9(7-11)4-5-9/h13H,2-6,8H2,1H3. The molecule has 1 atom stereocenters. The van der Waals surface area contributed by atoms with Gasteiger partial charge in [0, 0.05) is 6.54 Å². The fourth-order valence-corrected chi connectivity index (χ4v) is 2.44. The van der Waals surface area contributed by atoms with Gasteiger partial charge in [0.1, 0.15) is 0 Å². The molecule has 0 spiro atoms. The lowest BCUT2D eigenvalue weighted by Crippen LogP contribution is -2.52. The van der Waals surface area contributed by atoms with Gasteiger partial charge >= 0.3 is 0 Å². The number of hydrogen-bond donors (Lipinski definition) is 1. The van der Waals surface area contributed by atoms with Crippen molar-refractivity contribution in [3.8, 4) is 6.07 Å². The van der Waals surface area contributed by atoms with E-state index in [1.807, 2.05) is 7.05 Å². The minimum Gasteiger partial charge on any atom is -0.387 e. The number of hydrogen-bond acceptors (Lipinski definition) is 3. The highest BCUT2D eigenvalue weighted by Crippen LogP contribution is 2.56. The maximum atomic E-state index is 10.4. The Morgan fingerprint density at radius 2 is 2.08 bits per heavy atom. The van der Waals surface area contributed by atoms with Gasteiger partial charge in [0.2, 0.25) is 0 Å². The summed E-state index contributed by atoms with van der Waals surface area (Å²) >= 11 is 0. The van der Waals surface area contributed by atoms with Gasteiger partial charge in [-0.2, -0.15) is 5.26 Å². The van der Waals surface area contributed by atoms with Gasteiger partial charge in [0.15, 0.2) is 0 Å². The summed E-state index contributed by atoms with van der Waals surface area (Å²) in [5.74, 6) is 0. The maximum absolute atomic E-state index is 10.4. The number of rotatable bonds is 1. The van der Waals surface area contributed by atoms with E-state index in [-0.39, 0.29) is 0 Å². The van der Waals surface area contributed by atoms with Gasteiger partial charge in [-0.05, 0) is 39.3 Å². The molecule has 2 fully saturated rings. The Hall–Kier alpha value is -0.590. The summed E-state index contributed by atoms with van der Waals surface area (Å²) in [6.07, 6.45) is 3.57. The van der Waals surface area contributed by atoms with Gasteiger partial charge in [-0.15, -0.1) is 0 Å². The van der Waals surface area contributed by atoms with E-state index in [1.165, 1.54) is 0 Å². The zero-order valence-electron chi connectivity index (χ0n) is 8.08. The molecule has 0 radical (unpaired) electrons. The van der Waals surface area contributed by atoms with E-state index in [9.17, 15) is 5.11 Å². The first-order valence-electron chi connectivity index (χ1n) is 4.94. The van der Waals surface area contributed by atoms with Crippen molar-refractivity contribution >= 4 is 0 Å². The number of aliphatic hydroxyl groups is 1. The first-order valence-corrected chi connectivity index (χ1v) is 4.94. The Balaban J connectivity index is 2.16. The number of likely N-dealkylation sites (tertiary alicyclic amines) is 1. The molecule has 13 heavy (non-hydrogen) atoms. The molecule has 1 N–H and O–H groups in total. The zero-order valence-corrected chi connectivity index (χ0v) is 8.08. The summed E-state index contributed by atoms with van der Waals surface area (Å²) in [5, 5.41) is 19.4. The Morgan fingerprint density at radius 1 is 1.38 bits per heavy atom. The lowest BCUT2D eigenvalue weighted by Gasteiger charge is -2.40. The van der Waals surface area contributed by atoms with E-state index < -0.39 is 11.0 Å². The highest BCUT2D eigenvalue weighted by Gasteiger charge is 2.60. The molecule has 0 amide bonds. The smallest absolute Gasteiger partial charge is 0.0959 e. The number of β-amino-alcohol motifs (C(OH)–C–C–N with tert-alkyl or cyclic N) is 1. The van der Waals surface area contributed by atoms with Gasteiger partial charge < -0.3 is 10.0 Å². The number of nitriles is 1. The van der Waals surface area contributed by atoms with E-state index in [2.05, 4.69) is 11.0 Å². The van der Waals surface area contributed by atoms with E-state index in [4.69, 9.17) is 5.26 Å². The Bertz CT molecular complexity index is 254. The van der Waals surface area contributed by atoms with Crippen molar-refractivity contribution in [2.75, 3.05) is 20.1 Å². The molecule has 3 nitrogen and oxygen atoms in total. The lowest BCUT2D eigenvalue weighted by molar-refractivity contribution is -0.0625. The van der Waals surface area contributed by atoms with Crippen LogP contribution < -0.4 is 0 Å². The normalized spacial score (nSPS) is 38.2. The number of likely N-dealkylation sites (N-methyl/N-ethyl adjacent to an activating group) is 1. The fraction of sp³-hybridized carbons (Fsp3) is 0.900. The summed E-state index contributed by atoms with van der Waals surface area (Å²) < 4.78 is 0. The SMILES string of the molecule is CN1CCCC(O)(C2(C#N)CC2)C1. The van der Waals surface area contributed by atoms with Crippen LogP contribution in [0.1, 0.15) is 25.7 Å². The van der Waals surface area contributed by atoms with Crippen LogP contribution in [-0.4, -0.2) is 35.7 Å². The van der Waals surface area contributed by atoms with Crippen molar-refractivity contribution in [3.63, 3.8) is 0 Å². The topological polar surface area (TPSA) is 47.3 Å². The molecule has 3 heteroatoms. The predicted molar refractivity (Wildman–Crippen MR) is 49.0 cm³/mol. The Kier molecular flexibility index (Phi) is 1.86. The third-order valence-electron chi connectivity index (χ3n) is 3.52. The number of piperidine rings is 1. The van der Waals surface area contributed by atoms with E-state index >= 15 is 0 Å². The average Bonchev–Trinajstić information content (AvgIpc) is 2.83. The van der Waals surface area contributed by atoms with Crippen molar-refractivity contribution < 1.29 is 5.11 Å². The lowest BCUT2D eigenvalue weighted by atomic mass is 9.79. The summed E-state index contributed by atoms with van der Waals surface area (Å²) in [7, 11) is 2.01. The van der Waals surface area contributed by atoms with Crippen LogP contribution in [0.4, 0.5) is 0 Å². The predicted octanol–water partition coefficient (Wildman–Crippen LogP) is 0.747. The highest BCUT2D eigenvalue weighted by atomic mass is 16.3. The molecule has 1 aliphatic heterocycles. The minimum atomic E-state index is -0.727. The van der Waals surface area contributed by atoms with Crippen molar-refractivity contribution in [1.82, 2.24) is 4.90 Å². The van der Waals surface area contributed by atoms with Crippen LogP contribution >= 0.6 is 0 Å². The van der Waals surface area contributed by atoms with Crippen LogP contribution in [0.15, 0.2) is 0 Å². The van der Waals surface area contributed by atoms with Crippen LogP contribution in [0.25, 0.3) is 0 Å². The van der Waals surface area contributed by atoms with Crippen molar-refractivity contribution in [1.29, 1.82) is 5.26 Å². The van der Waals surface area contributed by atoms with Crippen LogP contribution in [0.5, 0.6) is 0 Å². The maximum Gasteiger partial charge on any atom is 0.0959 e. The molecule has 0 bridgehead atoms. The Labute approximate surface area is 79.0 Å². The zero-order chi connectivity index (χ0) is 9.53. The molecule has 2 rings (SSSR count). The van der Waals surface area contributed by atoms with Crippen LogP contribution in [0.3, 0.4) is 0 Å². The van der Waals surface area contributed by atoms with Crippen LogP contribution in [0.2, 0.25) is 0 Å². The van der Waals surface area contributed by atoms with Crippen LogP contribution in [-0.2, 0) is 0 Å². The van der Waals surface area contributed by atoms with Crippen LogP contribution in [0, 0.1) is 16.7 Å². The second kappa shape index (κ2) is 2.70. The largest absolute Gasteiger partial charge is 0.387 e. The van der Waals surface area contributed by atoms with Crippen molar-refractivity contribution in [2.45, 2.75) is 31.3 Å². The van der Waals surface area contributed by atoms with Gasteiger partial charge in [0.05, 0.1) is 17.1 Å². The van der Waals surface area contributed by atoms with E-state index in [0.717, 1.165) is 32.2 Å². The van der Waals surface area contributed by atoms with Gasteiger partial charge in [0.25, 0.3) is 0 Å². The second-order valence-electron chi connectivity index (χ2n) is 4.57. The van der Waals surface area contributed by atoms with E-state index in [1.54, 1.807) is 0 Å². The van der Waals surface area contributed by atoms with Crippen molar-refractivity contribution in [3.05, 3.63) is 0 Å². The first-order chi connectivity index (χ1) is 6.12. The third kappa shape index (κ3) is 1.25. The number of nitrogens with zero attached hydrogens (tertiary/aromatic N) is 2. The van der Waals surface area contributed by atoms with Crippen molar-refractivity contribution in [2.24, 2.45) is 5.41 Å². The summed E-state index contributed by atoms with van der Waals surface area (Å²) in [6, 6.07) is 2.31. The molecule has 1 unspecified atom stereocenters. The molecule has 1 heterocycles. The summed E-state index contributed by atoms with van der Waals surface area (Å²) in [4.78, 5) is 2.13. The van der Waals surface area contributed by atoms with Gasteiger partial charge in [-0.1, -0.05) is 0 Å². The molecule has 2 aliphatic rings. The molecular formula is C10H16N2O.